The van der Waals surface area contributed by atoms with Crippen LogP contribution in [0.25, 0.3) is 0 Å². The molecular weight excluding hydrogens is 290 g/mol. The van der Waals surface area contributed by atoms with Gasteiger partial charge in [-0.25, -0.2) is 13.1 Å². The summed E-state index contributed by atoms with van der Waals surface area (Å²) >= 11 is 0. The predicted molar refractivity (Wildman–Crippen MR) is 82.8 cm³/mol. The molecule has 0 heterocycles. The number of sulfonamides is 1. The number of hydrogen-bond acceptors (Lipinski definition) is 5. The maximum atomic E-state index is 12.0. The van der Waals surface area contributed by atoms with Crippen molar-refractivity contribution < 1.29 is 13.5 Å². The lowest BCUT2D eigenvalue weighted by Gasteiger charge is -2.10. The SMILES string of the molecule is CC(O)CNCCNc1ccc(S(=O)(=O)NC2CC2)cc1. The van der Waals surface area contributed by atoms with Crippen molar-refractivity contribution in [3.8, 4) is 0 Å². The highest BCUT2D eigenvalue weighted by atomic mass is 32.2. The van der Waals surface area contributed by atoms with Crippen molar-refractivity contribution in [2.45, 2.75) is 36.8 Å². The van der Waals surface area contributed by atoms with E-state index in [2.05, 4.69) is 15.4 Å². The molecule has 1 aromatic carbocycles. The molecule has 4 N–H and O–H groups in total. The van der Waals surface area contributed by atoms with Crippen LogP contribution in [0.3, 0.4) is 0 Å². The molecule has 1 unspecified atom stereocenters. The minimum atomic E-state index is -3.37. The van der Waals surface area contributed by atoms with Crippen molar-refractivity contribution in [1.29, 1.82) is 0 Å². The Morgan fingerprint density at radius 1 is 1.24 bits per heavy atom. The van der Waals surface area contributed by atoms with E-state index in [1.807, 2.05) is 0 Å². The number of nitrogens with one attached hydrogen (secondary N) is 3. The lowest BCUT2D eigenvalue weighted by molar-refractivity contribution is 0.192. The van der Waals surface area contributed by atoms with E-state index < -0.39 is 10.0 Å². The van der Waals surface area contributed by atoms with E-state index in [1.165, 1.54) is 0 Å². The third-order valence-corrected chi connectivity index (χ3v) is 4.67. The molecule has 0 amide bonds. The van der Waals surface area contributed by atoms with Gasteiger partial charge in [0.05, 0.1) is 11.0 Å². The van der Waals surface area contributed by atoms with Gasteiger partial charge in [-0.1, -0.05) is 0 Å². The van der Waals surface area contributed by atoms with Crippen LogP contribution in [0.5, 0.6) is 0 Å². The van der Waals surface area contributed by atoms with Crippen molar-refractivity contribution >= 4 is 15.7 Å². The van der Waals surface area contributed by atoms with Crippen LogP contribution in [-0.2, 0) is 10.0 Å². The van der Waals surface area contributed by atoms with Gasteiger partial charge < -0.3 is 15.7 Å². The highest BCUT2D eigenvalue weighted by Crippen LogP contribution is 2.22. The van der Waals surface area contributed by atoms with E-state index >= 15 is 0 Å². The molecule has 7 heteroatoms. The molecule has 2 rings (SSSR count). The smallest absolute Gasteiger partial charge is 0.240 e. The molecule has 1 aromatic rings. The lowest BCUT2D eigenvalue weighted by Crippen LogP contribution is -2.29. The summed E-state index contributed by atoms with van der Waals surface area (Å²) in [6.07, 6.45) is 1.50. The van der Waals surface area contributed by atoms with Gasteiger partial charge in [0.25, 0.3) is 0 Å². The second-order valence-corrected chi connectivity index (χ2v) is 7.11. The largest absolute Gasteiger partial charge is 0.392 e. The Labute approximate surface area is 126 Å². The van der Waals surface area contributed by atoms with Crippen LogP contribution in [-0.4, -0.2) is 45.3 Å². The van der Waals surface area contributed by atoms with Crippen LogP contribution in [0.2, 0.25) is 0 Å². The topological polar surface area (TPSA) is 90.5 Å². The van der Waals surface area contributed by atoms with E-state index in [-0.39, 0.29) is 12.1 Å². The summed E-state index contributed by atoms with van der Waals surface area (Å²) in [5.41, 5.74) is 0.874. The van der Waals surface area contributed by atoms with Crippen LogP contribution in [0.4, 0.5) is 5.69 Å². The van der Waals surface area contributed by atoms with Crippen LogP contribution in [0, 0.1) is 0 Å². The van der Waals surface area contributed by atoms with Crippen LogP contribution in [0.1, 0.15) is 19.8 Å². The zero-order valence-electron chi connectivity index (χ0n) is 12.2. The zero-order valence-corrected chi connectivity index (χ0v) is 13.0. The van der Waals surface area contributed by atoms with Crippen molar-refractivity contribution in [3.05, 3.63) is 24.3 Å². The molecule has 0 aliphatic heterocycles. The molecule has 6 nitrogen and oxygen atoms in total. The van der Waals surface area contributed by atoms with Gasteiger partial charge in [-0.2, -0.15) is 0 Å². The minimum Gasteiger partial charge on any atom is -0.392 e. The predicted octanol–water partition coefficient (Wildman–Crippen LogP) is 0.510. The molecule has 1 saturated carbocycles. The second-order valence-electron chi connectivity index (χ2n) is 5.40. The molecule has 1 aliphatic carbocycles. The minimum absolute atomic E-state index is 0.118. The van der Waals surface area contributed by atoms with Crippen molar-refractivity contribution in [1.82, 2.24) is 10.0 Å². The average Bonchev–Trinajstić information content (AvgIpc) is 3.22. The van der Waals surface area contributed by atoms with Crippen molar-refractivity contribution in [3.63, 3.8) is 0 Å². The summed E-state index contributed by atoms with van der Waals surface area (Å²) in [6, 6.07) is 6.85. The van der Waals surface area contributed by atoms with Gasteiger partial charge in [0.1, 0.15) is 0 Å². The van der Waals surface area contributed by atoms with Crippen LogP contribution in [0.15, 0.2) is 29.2 Å². The summed E-state index contributed by atoms with van der Waals surface area (Å²) < 4.78 is 26.6. The first kappa shape index (κ1) is 16.2. The Bertz CT molecular complexity index is 539. The summed E-state index contributed by atoms with van der Waals surface area (Å²) in [5.74, 6) is 0. The molecule has 1 fully saturated rings. The third-order valence-electron chi connectivity index (χ3n) is 3.13. The Balaban J connectivity index is 1.78. The van der Waals surface area contributed by atoms with Gasteiger partial charge >= 0.3 is 0 Å². The van der Waals surface area contributed by atoms with E-state index in [0.29, 0.717) is 18.0 Å². The van der Waals surface area contributed by atoms with Crippen LogP contribution >= 0.6 is 0 Å². The number of aliphatic hydroxyl groups excluding tert-OH is 1. The zero-order chi connectivity index (χ0) is 15.3. The highest BCUT2D eigenvalue weighted by molar-refractivity contribution is 7.89. The number of aliphatic hydroxyl groups is 1. The number of rotatable bonds is 9. The summed E-state index contributed by atoms with van der Waals surface area (Å²) in [5, 5.41) is 15.4. The van der Waals surface area contributed by atoms with Gasteiger partial charge in [0.2, 0.25) is 10.0 Å². The van der Waals surface area contributed by atoms with Crippen molar-refractivity contribution in [2.75, 3.05) is 25.0 Å². The van der Waals surface area contributed by atoms with Gasteiger partial charge in [0, 0.05) is 31.4 Å². The molecule has 21 heavy (non-hydrogen) atoms. The molecule has 0 bridgehead atoms. The molecule has 0 radical (unpaired) electrons. The quantitative estimate of drug-likeness (QED) is 0.499. The molecule has 1 aliphatic rings. The van der Waals surface area contributed by atoms with E-state index in [1.54, 1.807) is 31.2 Å². The molecule has 0 aromatic heterocycles. The molecule has 0 saturated heterocycles. The highest BCUT2D eigenvalue weighted by Gasteiger charge is 2.27. The molecular formula is C14H23N3O3S. The molecule has 1 atom stereocenters. The third kappa shape index (κ3) is 5.62. The van der Waals surface area contributed by atoms with Crippen LogP contribution < -0.4 is 15.4 Å². The maximum absolute atomic E-state index is 12.0. The maximum Gasteiger partial charge on any atom is 0.240 e. The van der Waals surface area contributed by atoms with E-state index in [0.717, 1.165) is 25.1 Å². The molecule has 0 spiro atoms. The summed E-state index contributed by atoms with van der Waals surface area (Å²) in [7, 11) is -3.37. The fraction of sp³-hybridized carbons (Fsp3) is 0.571. The fourth-order valence-electron chi connectivity index (χ4n) is 1.85. The monoisotopic (exact) mass is 313 g/mol. The first-order valence-corrected chi connectivity index (χ1v) is 8.71. The number of hydrogen-bond donors (Lipinski definition) is 4. The Morgan fingerprint density at radius 2 is 1.90 bits per heavy atom. The van der Waals surface area contributed by atoms with E-state index in [4.69, 9.17) is 5.11 Å². The Kier molecular flexibility index (Phi) is 5.58. The molecule has 118 valence electrons. The Hall–Kier alpha value is -1.15. The second kappa shape index (κ2) is 7.22. The number of anilines is 1. The average molecular weight is 313 g/mol. The lowest BCUT2D eigenvalue weighted by atomic mass is 10.3. The van der Waals surface area contributed by atoms with Gasteiger partial charge in [-0.05, 0) is 44.0 Å². The number of benzene rings is 1. The normalized spacial score (nSPS) is 16.7. The fourth-order valence-corrected chi connectivity index (χ4v) is 3.15. The standard InChI is InChI=1S/C14H23N3O3S/c1-11(18)10-15-8-9-16-12-4-6-14(7-5-12)21(19,20)17-13-2-3-13/h4-7,11,13,15-18H,2-3,8-10H2,1H3. The van der Waals surface area contributed by atoms with Gasteiger partial charge in [-0.3, -0.25) is 0 Å². The summed E-state index contributed by atoms with van der Waals surface area (Å²) in [4.78, 5) is 0.298. The van der Waals surface area contributed by atoms with Gasteiger partial charge in [0.15, 0.2) is 0 Å². The summed E-state index contributed by atoms with van der Waals surface area (Å²) in [6.45, 7) is 3.73. The first-order valence-electron chi connectivity index (χ1n) is 7.22. The first-order chi connectivity index (χ1) is 9.97. The Morgan fingerprint density at radius 3 is 2.48 bits per heavy atom. The van der Waals surface area contributed by atoms with Crippen molar-refractivity contribution in [2.24, 2.45) is 0 Å². The van der Waals surface area contributed by atoms with Gasteiger partial charge in [-0.15, -0.1) is 0 Å². The van der Waals surface area contributed by atoms with E-state index in [9.17, 15) is 8.42 Å².